The van der Waals surface area contributed by atoms with Crippen LogP contribution in [-0.4, -0.2) is 39.7 Å². The van der Waals surface area contributed by atoms with Gasteiger partial charge in [0, 0.05) is 24.7 Å². The number of ether oxygens (including phenoxy) is 3. The number of hydrogen-bond donors (Lipinski definition) is 1. The van der Waals surface area contributed by atoms with Gasteiger partial charge in [0.1, 0.15) is 17.2 Å². The van der Waals surface area contributed by atoms with Gasteiger partial charge in [-0.1, -0.05) is 0 Å². The number of benzene rings is 2. The van der Waals surface area contributed by atoms with E-state index in [1.54, 1.807) is 49.5 Å². The topological polar surface area (TPSA) is 77.1 Å². The van der Waals surface area contributed by atoms with Crippen molar-refractivity contribution in [2.45, 2.75) is 6.42 Å². The predicted octanol–water partition coefficient (Wildman–Crippen LogP) is 2.70. The minimum atomic E-state index is -0.449. The molecule has 1 aliphatic heterocycles. The van der Waals surface area contributed by atoms with E-state index >= 15 is 0 Å². The highest BCUT2D eigenvalue weighted by atomic mass is 16.5. The Morgan fingerprint density at radius 2 is 1.67 bits per heavy atom. The molecule has 7 nitrogen and oxygen atoms in total. The van der Waals surface area contributed by atoms with E-state index in [2.05, 4.69) is 5.32 Å². The monoisotopic (exact) mass is 370 g/mol. The molecule has 1 aliphatic rings. The molecule has 2 aromatic rings. The Hall–Kier alpha value is -3.22. The molecule has 27 heavy (non-hydrogen) atoms. The highest BCUT2D eigenvalue weighted by Gasteiger charge is 2.35. The number of hydrogen-bond acceptors (Lipinski definition) is 5. The molecular formula is C20H22N2O5. The van der Waals surface area contributed by atoms with Gasteiger partial charge in [-0.05, 0) is 36.4 Å². The zero-order chi connectivity index (χ0) is 19.4. The van der Waals surface area contributed by atoms with Gasteiger partial charge < -0.3 is 24.4 Å². The molecule has 0 aromatic heterocycles. The van der Waals surface area contributed by atoms with Crippen molar-refractivity contribution in [1.82, 2.24) is 0 Å². The van der Waals surface area contributed by atoms with Crippen LogP contribution >= 0.6 is 0 Å². The predicted molar refractivity (Wildman–Crippen MR) is 102 cm³/mol. The van der Waals surface area contributed by atoms with Crippen molar-refractivity contribution in [1.29, 1.82) is 0 Å². The highest BCUT2D eigenvalue weighted by Crippen LogP contribution is 2.31. The standard InChI is InChI=1S/C20H22N2O5/c1-25-15-6-4-14(5-7-15)22-12-13(10-19(22)23)20(24)21-17-11-16(26-2)8-9-18(17)27-3/h4-9,11,13H,10,12H2,1-3H3,(H,21,24)/t13-/m0/s1. The zero-order valence-corrected chi connectivity index (χ0v) is 15.5. The molecule has 1 fully saturated rings. The first-order valence-corrected chi connectivity index (χ1v) is 8.53. The summed E-state index contributed by atoms with van der Waals surface area (Å²) >= 11 is 0. The van der Waals surface area contributed by atoms with Gasteiger partial charge in [-0.25, -0.2) is 0 Å². The summed E-state index contributed by atoms with van der Waals surface area (Å²) in [4.78, 5) is 26.7. The lowest BCUT2D eigenvalue weighted by atomic mass is 10.1. The minimum Gasteiger partial charge on any atom is -0.497 e. The fourth-order valence-electron chi connectivity index (χ4n) is 3.04. The summed E-state index contributed by atoms with van der Waals surface area (Å²) in [6.45, 7) is 0.323. The zero-order valence-electron chi connectivity index (χ0n) is 15.5. The Kier molecular flexibility index (Phi) is 5.49. The van der Waals surface area contributed by atoms with Crippen LogP contribution in [0.5, 0.6) is 17.2 Å². The second-order valence-electron chi connectivity index (χ2n) is 6.16. The number of methoxy groups -OCH3 is 3. The summed E-state index contributed by atoms with van der Waals surface area (Å²) in [5.41, 5.74) is 1.26. The van der Waals surface area contributed by atoms with Gasteiger partial charge >= 0.3 is 0 Å². The highest BCUT2D eigenvalue weighted by molar-refractivity contribution is 6.04. The molecule has 0 saturated carbocycles. The van der Waals surface area contributed by atoms with Crippen molar-refractivity contribution in [3.05, 3.63) is 42.5 Å². The average Bonchev–Trinajstić information content (AvgIpc) is 3.09. The van der Waals surface area contributed by atoms with E-state index in [0.717, 1.165) is 5.69 Å². The van der Waals surface area contributed by atoms with Crippen molar-refractivity contribution in [2.24, 2.45) is 5.92 Å². The first kappa shape index (κ1) is 18.6. The van der Waals surface area contributed by atoms with Gasteiger partial charge in [0.05, 0.1) is 32.9 Å². The van der Waals surface area contributed by atoms with Crippen LogP contribution < -0.4 is 24.4 Å². The lowest BCUT2D eigenvalue weighted by molar-refractivity contribution is -0.122. The van der Waals surface area contributed by atoms with Gasteiger partial charge in [0.25, 0.3) is 0 Å². The first-order valence-electron chi connectivity index (χ1n) is 8.53. The van der Waals surface area contributed by atoms with Gasteiger partial charge in [0.2, 0.25) is 11.8 Å². The van der Waals surface area contributed by atoms with Gasteiger partial charge in [0.15, 0.2) is 0 Å². The maximum Gasteiger partial charge on any atom is 0.229 e. The van der Waals surface area contributed by atoms with E-state index in [0.29, 0.717) is 29.5 Å². The van der Waals surface area contributed by atoms with E-state index in [-0.39, 0.29) is 18.2 Å². The lowest BCUT2D eigenvalue weighted by Gasteiger charge is -2.17. The number of anilines is 2. The second-order valence-corrected chi connectivity index (χ2v) is 6.16. The van der Waals surface area contributed by atoms with E-state index < -0.39 is 5.92 Å². The molecule has 3 rings (SSSR count). The van der Waals surface area contributed by atoms with E-state index in [1.807, 2.05) is 12.1 Å². The molecule has 7 heteroatoms. The fourth-order valence-corrected chi connectivity index (χ4v) is 3.04. The Morgan fingerprint density at radius 3 is 2.30 bits per heavy atom. The second kappa shape index (κ2) is 7.99. The summed E-state index contributed by atoms with van der Waals surface area (Å²) in [6, 6.07) is 12.4. The molecule has 0 unspecified atom stereocenters. The Labute approximate surface area is 157 Å². The van der Waals surface area contributed by atoms with Crippen molar-refractivity contribution >= 4 is 23.2 Å². The molecule has 0 aliphatic carbocycles. The Morgan fingerprint density at radius 1 is 1.00 bits per heavy atom. The summed E-state index contributed by atoms with van der Waals surface area (Å²) in [5, 5.41) is 2.85. The molecule has 2 amide bonds. The maximum atomic E-state index is 12.7. The molecule has 1 heterocycles. The third-order valence-corrected chi connectivity index (χ3v) is 4.54. The maximum absolute atomic E-state index is 12.7. The van der Waals surface area contributed by atoms with Crippen LogP contribution in [0.3, 0.4) is 0 Å². The van der Waals surface area contributed by atoms with Crippen LogP contribution in [0.15, 0.2) is 42.5 Å². The Balaban J connectivity index is 1.72. The molecule has 1 saturated heterocycles. The SMILES string of the molecule is COc1ccc(N2C[C@@H](C(=O)Nc3cc(OC)ccc3OC)CC2=O)cc1. The van der Waals surface area contributed by atoms with Crippen LogP contribution in [0.2, 0.25) is 0 Å². The van der Waals surface area contributed by atoms with Crippen LogP contribution in [-0.2, 0) is 9.59 Å². The van der Waals surface area contributed by atoms with Crippen molar-refractivity contribution < 1.29 is 23.8 Å². The van der Waals surface area contributed by atoms with Crippen molar-refractivity contribution in [3.63, 3.8) is 0 Å². The number of nitrogens with one attached hydrogen (secondary N) is 1. The quantitative estimate of drug-likeness (QED) is 0.846. The smallest absolute Gasteiger partial charge is 0.229 e. The Bertz CT molecular complexity index is 835. The number of nitrogens with zero attached hydrogens (tertiary/aromatic N) is 1. The number of carbonyl (C=O) groups excluding carboxylic acids is 2. The van der Waals surface area contributed by atoms with E-state index in [9.17, 15) is 9.59 Å². The van der Waals surface area contributed by atoms with Gasteiger partial charge in [-0.3, -0.25) is 9.59 Å². The normalized spacial score (nSPS) is 16.2. The van der Waals surface area contributed by atoms with E-state index in [1.165, 1.54) is 7.11 Å². The molecule has 2 aromatic carbocycles. The van der Waals surface area contributed by atoms with Gasteiger partial charge in [-0.2, -0.15) is 0 Å². The van der Waals surface area contributed by atoms with E-state index in [4.69, 9.17) is 14.2 Å². The number of carbonyl (C=O) groups is 2. The molecule has 0 spiro atoms. The largest absolute Gasteiger partial charge is 0.497 e. The molecule has 1 N–H and O–H groups in total. The minimum absolute atomic E-state index is 0.0853. The van der Waals surface area contributed by atoms with Crippen LogP contribution in [0.1, 0.15) is 6.42 Å². The van der Waals surface area contributed by atoms with Gasteiger partial charge in [-0.15, -0.1) is 0 Å². The van der Waals surface area contributed by atoms with Crippen LogP contribution in [0.25, 0.3) is 0 Å². The van der Waals surface area contributed by atoms with Crippen molar-refractivity contribution in [3.8, 4) is 17.2 Å². The lowest BCUT2D eigenvalue weighted by Crippen LogP contribution is -2.28. The molecular weight excluding hydrogens is 348 g/mol. The molecule has 142 valence electrons. The fraction of sp³-hybridized carbons (Fsp3) is 0.300. The molecule has 0 bridgehead atoms. The van der Waals surface area contributed by atoms with Crippen LogP contribution in [0.4, 0.5) is 11.4 Å². The van der Waals surface area contributed by atoms with Crippen molar-refractivity contribution in [2.75, 3.05) is 38.1 Å². The summed E-state index contributed by atoms with van der Waals surface area (Å²) in [5.74, 6) is 1.08. The summed E-state index contributed by atoms with van der Waals surface area (Å²) in [6.07, 6.45) is 0.157. The summed E-state index contributed by atoms with van der Waals surface area (Å²) < 4.78 is 15.6. The molecule has 1 atom stereocenters. The number of rotatable bonds is 6. The summed E-state index contributed by atoms with van der Waals surface area (Å²) in [7, 11) is 4.67. The van der Waals surface area contributed by atoms with Crippen LogP contribution in [0, 0.1) is 5.92 Å². The first-order chi connectivity index (χ1) is 13.0. The average molecular weight is 370 g/mol. The third-order valence-electron chi connectivity index (χ3n) is 4.54. The number of amides is 2. The molecule has 0 radical (unpaired) electrons. The third kappa shape index (κ3) is 3.97.